The molecule has 0 aromatic heterocycles. The maximum Gasteiger partial charge on any atom is 0.0781 e. The zero-order valence-electron chi connectivity index (χ0n) is 8.18. The summed E-state index contributed by atoms with van der Waals surface area (Å²) in [6, 6.07) is 0. The Bertz CT molecular complexity index is 148. The van der Waals surface area contributed by atoms with Gasteiger partial charge in [0.25, 0.3) is 0 Å². The van der Waals surface area contributed by atoms with Crippen LogP contribution in [0, 0.1) is 5.92 Å². The fourth-order valence-electron chi connectivity index (χ4n) is 1.62. The third kappa shape index (κ3) is 3.10. The van der Waals surface area contributed by atoms with Crippen LogP contribution in [0.4, 0.5) is 0 Å². The standard InChI is InChI=1S/C10H19NS/c1-9(2)8-10(12)11-6-4-3-5-7-11/h9H,3-8H2,1-2H3. The molecule has 0 N–H and O–H groups in total. The Hall–Kier alpha value is -0.110. The molecule has 1 rings (SSSR count). The van der Waals surface area contributed by atoms with E-state index in [0.29, 0.717) is 5.92 Å². The van der Waals surface area contributed by atoms with Crippen molar-refractivity contribution in [2.24, 2.45) is 5.92 Å². The molecule has 0 saturated carbocycles. The molecule has 0 bridgehead atoms. The second-order valence-corrected chi connectivity index (χ2v) is 4.51. The van der Waals surface area contributed by atoms with Crippen molar-refractivity contribution in [2.75, 3.05) is 13.1 Å². The first kappa shape index (κ1) is 9.97. The lowest BCUT2D eigenvalue weighted by Crippen LogP contribution is -2.34. The predicted molar refractivity (Wildman–Crippen MR) is 57.5 cm³/mol. The van der Waals surface area contributed by atoms with Crippen molar-refractivity contribution >= 4 is 17.2 Å². The zero-order chi connectivity index (χ0) is 8.97. The van der Waals surface area contributed by atoms with Gasteiger partial charge in [-0.05, 0) is 25.2 Å². The Morgan fingerprint density at radius 1 is 1.25 bits per heavy atom. The minimum atomic E-state index is 0.708. The molecule has 1 aliphatic rings. The first-order valence-corrected chi connectivity index (χ1v) is 5.38. The minimum Gasteiger partial charge on any atom is -0.366 e. The van der Waals surface area contributed by atoms with Crippen molar-refractivity contribution in [3.63, 3.8) is 0 Å². The number of thiocarbonyl (C=S) groups is 1. The van der Waals surface area contributed by atoms with Crippen molar-refractivity contribution in [3.05, 3.63) is 0 Å². The fourth-order valence-corrected chi connectivity index (χ4v) is 2.14. The zero-order valence-corrected chi connectivity index (χ0v) is 8.99. The summed E-state index contributed by atoms with van der Waals surface area (Å²) in [5.74, 6) is 0.708. The molecular formula is C10H19NS. The molecule has 0 atom stereocenters. The van der Waals surface area contributed by atoms with Crippen molar-refractivity contribution in [2.45, 2.75) is 39.5 Å². The molecular weight excluding hydrogens is 166 g/mol. The molecule has 1 nitrogen and oxygen atoms in total. The predicted octanol–water partition coefficient (Wildman–Crippen LogP) is 2.85. The molecule has 0 aromatic carbocycles. The number of likely N-dealkylation sites (tertiary alicyclic amines) is 1. The fraction of sp³-hybridized carbons (Fsp3) is 0.900. The molecule has 1 heterocycles. The molecule has 70 valence electrons. The highest BCUT2D eigenvalue weighted by Crippen LogP contribution is 2.13. The SMILES string of the molecule is CC(C)CC(=S)N1CCCCC1. The number of hydrogen-bond donors (Lipinski definition) is 0. The van der Waals surface area contributed by atoms with Crippen molar-refractivity contribution in [1.82, 2.24) is 4.90 Å². The van der Waals surface area contributed by atoms with Gasteiger partial charge in [-0.3, -0.25) is 0 Å². The maximum absolute atomic E-state index is 5.38. The van der Waals surface area contributed by atoms with Gasteiger partial charge in [0.15, 0.2) is 0 Å². The highest BCUT2D eigenvalue weighted by Gasteiger charge is 2.13. The lowest BCUT2D eigenvalue weighted by molar-refractivity contribution is 0.338. The first-order chi connectivity index (χ1) is 5.70. The molecule has 1 saturated heterocycles. The lowest BCUT2D eigenvalue weighted by atomic mass is 10.1. The number of rotatable bonds is 2. The van der Waals surface area contributed by atoms with Gasteiger partial charge in [-0.2, -0.15) is 0 Å². The van der Waals surface area contributed by atoms with Gasteiger partial charge < -0.3 is 4.90 Å². The second-order valence-electron chi connectivity index (χ2n) is 4.04. The quantitative estimate of drug-likeness (QED) is 0.609. The van der Waals surface area contributed by atoms with Crippen LogP contribution in [0.3, 0.4) is 0 Å². The average molecular weight is 185 g/mol. The van der Waals surface area contributed by atoms with E-state index in [-0.39, 0.29) is 0 Å². The number of hydrogen-bond acceptors (Lipinski definition) is 1. The van der Waals surface area contributed by atoms with E-state index in [4.69, 9.17) is 12.2 Å². The first-order valence-electron chi connectivity index (χ1n) is 4.98. The van der Waals surface area contributed by atoms with Gasteiger partial charge in [-0.15, -0.1) is 0 Å². The molecule has 1 fully saturated rings. The largest absolute Gasteiger partial charge is 0.366 e. The summed E-state index contributed by atoms with van der Waals surface area (Å²) >= 11 is 5.38. The molecule has 0 aromatic rings. The van der Waals surface area contributed by atoms with Crippen molar-refractivity contribution in [1.29, 1.82) is 0 Å². The van der Waals surface area contributed by atoms with Gasteiger partial charge >= 0.3 is 0 Å². The van der Waals surface area contributed by atoms with E-state index in [9.17, 15) is 0 Å². The van der Waals surface area contributed by atoms with Crippen LogP contribution in [-0.4, -0.2) is 23.0 Å². The Morgan fingerprint density at radius 2 is 1.83 bits per heavy atom. The van der Waals surface area contributed by atoms with Crippen LogP contribution in [0.1, 0.15) is 39.5 Å². The second kappa shape index (κ2) is 4.80. The smallest absolute Gasteiger partial charge is 0.0781 e. The molecule has 0 unspecified atom stereocenters. The number of piperidine rings is 1. The molecule has 12 heavy (non-hydrogen) atoms. The van der Waals surface area contributed by atoms with E-state index < -0.39 is 0 Å². The van der Waals surface area contributed by atoms with Crippen LogP contribution in [0.2, 0.25) is 0 Å². The Balaban J connectivity index is 2.30. The monoisotopic (exact) mass is 185 g/mol. The van der Waals surface area contributed by atoms with E-state index in [1.54, 1.807) is 0 Å². The van der Waals surface area contributed by atoms with Crippen LogP contribution in [0.15, 0.2) is 0 Å². The van der Waals surface area contributed by atoms with Crippen LogP contribution in [0.25, 0.3) is 0 Å². The van der Waals surface area contributed by atoms with Crippen LogP contribution < -0.4 is 0 Å². The van der Waals surface area contributed by atoms with E-state index in [1.165, 1.54) is 37.3 Å². The average Bonchev–Trinajstić information content (AvgIpc) is 2.05. The van der Waals surface area contributed by atoms with Crippen LogP contribution in [0.5, 0.6) is 0 Å². The van der Waals surface area contributed by atoms with Crippen molar-refractivity contribution < 1.29 is 0 Å². The van der Waals surface area contributed by atoms with Gasteiger partial charge in [-0.25, -0.2) is 0 Å². The van der Waals surface area contributed by atoms with Gasteiger partial charge in [-0.1, -0.05) is 26.1 Å². The van der Waals surface area contributed by atoms with Gasteiger partial charge in [0.2, 0.25) is 0 Å². The molecule has 1 aliphatic heterocycles. The van der Waals surface area contributed by atoms with E-state index in [1.807, 2.05) is 0 Å². The topological polar surface area (TPSA) is 3.24 Å². The summed E-state index contributed by atoms with van der Waals surface area (Å²) in [6.07, 6.45) is 5.15. The maximum atomic E-state index is 5.38. The highest BCUT2D eigenvalue weighted by atomic mass is 32.1. The summed E-state index contributed by atoms with van der Waals surface area (Å²) in [7, 11) is 0. The Morgan fingerprint density at radius 3 is 2.33 bits per heavy atom. The summed E-state index contributed by atoms with van der Waals surface area (Å²) in [6.45, 7) is 6.86. The molecule has 0 radical (unpaired) electrons. The minimum absolute atomic E-state index is 0.708. The molecule has 0 amide bonds. The third-order valence-electron chi connectivity index (χ3n) is 2.29. The Kier molecular flexibility index (Phi) is 3.99. The van der Waals surface area contributed by atoms with Crippen LogP contribution in [-0.2, 0) is 0 Å². The lowest BCUT2D eigenvalue weighted by Gasteiger charge is -2.29. The van der Waals surface area contributed by atoms with E-state index in [2.05, 4.69) is 18.7 Å². The van der Waals surface area contributed by atoms with Crippen LogP contribution >= 0.6 is 12.2 Å². The highest BCUT2D eigenvalue weighted by molar-refractivity contribution is 7.80. The van der Waals surface area contributed by atoms with E-state index >= 15 is 0 Å². The molecule has 2 heteroatoms. The third-order valence-corrected chi connectivity index (χ3v) is 2.72. The van der Waals surface area contributed by atoms with Gasteiger partial charge in [0.1, 0.15) is 0 Å². The van der Waals surface area contributed by atoms with Gasteiger partial charge in [0, 0.05) is 19.5 Å². The molecule has 0 aliphatic carbocycles. The summed E-state index contributed by atoms with van der Waals surface area (Å²) in [5, 5.41) is 0. The summed E-state index contributed by atoms with van der Waals surface area (Å²) in [4.78, 5) is 3.57. The Labute approximate surface area is 81.1 Å². The van der Waals surface area contributed by atoms with Crippen molar-refractivity contribution in [3.8, 4) is 0 Å². The molecule has 0 spiro atoms. The normalized spacial score (nSPS) is 18.4. The van der Waals surface area contributed by atoms with E-state index in [0.717, 1.165) is 6.42 Å². The number of nitrogens with zero attached hydrogens (tertiary/aromatic N) is 1. The summed E-state index contributed by atoms with van der Waals surface area (Å²) < 4.78 is 0. The van der Waals surface area contributed by atoms with Gasteiger partial charge in [0.05, 0.1) is 4.99 Å². The summed E-state index contributed by atoms with van der Waals surface area (Å²) in [5.41, 5.74) is 0.